The molecule has 0 bridgehead atoms. The number of fused-ring (bicyclic) bond motifs is 1. The minimum Gasteiger partial charge on any atom is -0.457 e. The van der Waals surface area contributed by atoms with Crippen LogP contribution in [0, 0.1) is 0 Å². The van der Waals surface area contributed by atoms with E-state index in [1.54, 1.807) is 0 Å². The van der Waals surface area contributed by atoms with Gasteiger partial charge in [0.05, 0.1) is 0 Å². The zero-order valence-corrected chi connectivity index (χ0v) is 8.10. The maximum atomic E-state index is 11.0. The van der Waals surface area contributed by atoms with Crippen molar-refractivity contribution in [3.63, 3.8) is 0 Å². The Hall–Kier alpha value is -1.77. The van der Waals surface area contributed by atoms with Crippen molar-refractivity contribution in [1.29, 1.82) is 0 Å². The summed E-state index contributed by atoms with van der Waals surface area (Å²) >= 11 is 0. The van der Waals surface area contributed by atoms with Crippen LogP contribution in [-0.2, 0) is 9.53 Å². The number of carbonyl (C=O) groups excluding carboxylic acids is 1. The molecule has 1 unspecified atom stereocenters. The van der Waals surface area contributed by atoms with Gasteiger partial charge in [-0.1, -0.05) is 18.2 Å². The summed E-state index contributed by atoms with van der Waals surface area (Å²) in [6.45, 7) is 0. The van der Waals surface area contributed by atoms with Gasteiger partial charge in [-0.05, 0) is 12.1 Å². The summed E-state index contributed by atoms with van der Waals surface area (Å²) < 4.78 is 10.8. The number of para-hydroxylation sites is 1. The zero-order chi connectivity index (χ0) is 10.3. The van der Waals surface area contributed by atoms with Crippen LogP contribution in [0.3, 0.4) is 0 Å². The first kappa shape index (κ1) is 8.53. The fourth-order valence-electron chi connectivity index (χ4n) is 1.89. The van der Waals surface area contributed by atoms with Crippen molar-refractivity contribution in [1.82, 2.24) is 0 Å². The summed E-state index contributed by atoms with van der Waals surface area (Å²) in [5.74, 6) is 0.613. The summed E-state index contributed by atoms with van der Waals surface area (Å²) in [5, 5.41) is 1.05. The Morgan fingerprint density at radius 1 is 1.27 bits per heavy atom. The lowest BCUT2D eigenvalue weighted by atomic mass is 10.2. The molecule has 15 heavy (non-hydrogen) atoms. The van der Waals surface area contributed by atoms with Crippen LogP contribution < -0.4 is 0 Å². The highest BCUT2D eigenvalue weighted by molar-refractivity contribution is 5.78. The molecule has 2 aromatic rings. The van der Waals surface area contributed by atoms with Crippen molar-refractivity contribution in [2.24, 2.45) is 0 Å². The first-order valence-electron chi connectivity index (χ1n) is 5.01. The molecule has 76 valence electrons. The Balaban J connectivity index is 2.01. The van der Waals surface area contributed by atoms with Crippen molar-refractivity contribution in [2.75, 3.05) is 0 Å². The van der Waals surface area contributed by atoms with Gasteiger partial charge in [0.25, 0.3) is 0 Å². The van der Waals surface area contributed by atoms with Gasteiger partial charge < -0.3 is 9.15 Å². The van der Waals surface area contributed by atoms with E-state index in [1.807, 2.05) is 30.3 Å². The molecule has 0 amide bonds. The van der Waals surface area contributed by atoms with Crippen molar-refractivity contribution >= 4 is 16.9 Å². The van der Waals surface area contributed by atoms with Crippen LogP contribution >= 0.6 is 0 Å². The molecular weight excluding hydrogens is 192 g/mol. The summed E-state index contributed by atoms with van der Waals surface area (Å²) in [6.07, 6.45) is 1.02. The van der Waals surface area contributed by atoms with Crippen molar-refractivity contribution in [3.8, 4) is 0 Å². The molecule has 1 fully saturated rings. The van der Waals surface area contributed by atoms with Gasteiger partial charge in [-0.25, -0.2) is 0 Å². The van der Waals surface area contributed by atoms with Crippen LogP contribution in [0.15, 0.2) is 34.7 Å². The van der Waals surface area contributed by atoms with E-state index in [9.17, 15) is 4.79 Å². The summed E-state index contributed by atoms with van der Waals surface area (Å²) in [4.78, 5) is 11.0. The van der Waals surface area contributed by atoms with Gasteiger partial charge in [0.15, 0.2) is 6.10 Å². The molecule has 3 heteroatoms. The normalized spacial score (nSPS) is 20.8. The predicted octanol–water partition coefficient (Wildman–Crippen LogP) is 2.81. The molecule has 2 heterocycles. The van der Waals surface area contributed by atoms with Crippen LogP contribution in [0.2, 0.25) is 0 Å². The molecule has 3 nitrogen and oxygen atoms in total. The lowest BCUT2D eigenvalue weighted by molar-refractivity contribution is -0.142. The van der Waals surface area contributed by atoms with E-state index in [1.165, 1.54) is 0 Å². The van der Waals surface area contributed by atoms with Gasteiger partial charge in [0.1, 0.15) is 11.3 Å². The van der Waals surface area contributed by atoms with Crippen LogP contribution in [0.5, 0.6) is 0 Å². The highest BCUT2D eigenvalue weighted by atomic mass is 16.6. The quantitative estimate of drug-likeness (QED) is 0.667. The second-order valence-electron chi connectivity index (χ2n) is 3.70. The van der Waals surface area contributed by atoms with Gasteiger partial charge in [0, 0.05) is 18.2 Å². The Morgan fingerprint density at radius 3 is 2.87 bits per heavy atom. The average Bonchev–Trinajstić information content (AvgIpc) is 2.82. The minimum absolute atomic E-state index is 0.138. The second-order valence-corrected chi connectivity index (χ2v) is 3.70. The van der Waals surface area contributed by atoms with Gasteiger partial charge in [-0.3, -0.25) is 4.79 Å². The minimum atomic E-state index is -0.190. The van der Waals surface area contributed by atoms with Crippen LogP contribution in [0.1, 0.15) is 24.7 Å². The van der Waals surface area contributed by atoms with Gasteiger partial charge in [0.2, 0.25) is 0 Å². The highest BCUT2D eigenvalue weighted by Crippen LogP contribution is 2.32. The van der Waals surface area contributed by atoms with E-state index >= 15 is 0 Å². The van der Waals surface area contributed by atoms with Gasteiger partial charge in [-0.15, -0.1) is 0 Å². The standard InChI is InChI=1S/C12H10O3/c13-12-6-5-10(15-12)11-7-8-3-1-2-4-9(8)14-11/h1-4,7,10H,5-6H2. The summed E-state index contributed by atoms with van der Waals surface area (Å²) in [6, 6.07) is 9.73. The lowest BCUT2D eigenvalue weighted by Crippen LogP contribution is -1.96. The number of rotatable bonds is 1. The molecule has 0 spiro atoms. The molecule has 3 rings (SSSR count). The van der Waals surface area contributed by atoms with Crippen LogP contribution in [-0.4, -0.2) is 5.97 Å². The number of cyclic esters (lactones) is 1. The SMILES string of the molecule is O=C1CCC(c2cc3ccccc3o2)O1. The molecule has 1 aliphatic rings. The average molecular weight is 202 g/mol. The molecule has 1 saturated heterocycles. The summed E-state index contributed by atoms with van der Waals surface area (Å²) in [5.41, 5.74) is 0.843. The van der Waals surface area contributed by atoms with Gasteiger partial charge in [-0.2, -0.15) is 0 Å². The fraction of sp³-hybridized carbons (Fsp3) is 0.250. The third kappa shape index (κ3) is 1.40. The van der Waals surface area contributed by atoms with Crippen LogP contribution in [0.4, 0.5) is 0 Å². The van der Waals surface area contributed by atoms with Crippen molar-refractivity contribution < 1.29 is 13.9 Å². The van der Waals surface area contributed by atoms with Gasteiger partial charge >= 0.3 is 5.97 Å². The Morgan fingerprint density at radius 2 is 2.13 bits per heavy atom. The molecule has 0 saturated carbocycles. The molecule has 0 N–H and O–H groups in total. The number of benzene rings is 1. The molecule has 1 aliphatic heterocycles. The molecule has 1 atom stereocenters. The Kier molecular flexibility index (Phi) is 1.78. The van der Waals surface area contributed by atoms with E-state index in [0.29, 0.717) is 6.42 Å². The van der Waals surface area contributed by atoms with E-state index < -0.39 is 0 Å². The highest BCUT2D eigenvalue weighted by Gasteiger charge is 2.27. The molecule has 0 aliphatic carbocycles. The first-order chi connectivity index (χ1) is 7.33. The van der Waals surface area contributed by atoms with E-state index in [0.717, 1.165) is 23.2 Å². The zero-order valence-electron chi connectivity index (χ0n) is 8.10. The lowest BCUT2D eigenvalue weighted by Gasteiger charge is -2.03. The molecular formula is C12H10O3. The number of ether oxygens (including phenoxy) is 1. The molecule has 0 radical (unpaired) electrons. The Labute approximate surface area is 86.6 Å². The molecule has 1 aromatic heterocycles. The monoisotopic (exact) mass is 202 g/mol. The Bertz CT molecular complexity index is 479. The van der Waals surface area contributed by atoms with Crippen molar-refractivity contribution in [2.45, 2.75) is 18.9 Å². The fourth-order valence-corrected chi connectivity index (χ4v) is 1.89. The largest absolute Gasteiger partial charge is 0.457 e. The van der Waals surface area contributed by atoms with E-state index in [2.05, 4.69) is 0 Å². The smallest absolute Gasteiger partial charge is 0.306 e. The van der Waals surface area contributed by atoms with E-state index in [4.69, 9.17) is 9.15 Å². The topological polar surface area (TPSA) is 39.4 Å². The second kappa shape index (κ2) is 3.12. The third-order valence-electron chi connectivity index (χ3n) is 2.65. The van der Waals surface area contributed by atoms with E-state index in [-0.39, 0.29) is 12.1 Å². The number of furan rings is 1. The van der Waals surface area contributed by atoms with Crippen LogP contribution in [0.25, 0.3) is 11.0 Å². The number of esters is 1. The number of carbonyl (C=O) groups is 1. The maximum Gasteiger partial charge on any atom is 0.306 e. The van der Waals surface area contributed by atoms with Crippen molar-refractivity contribution in [3.05, 3.63) is 36.1 Å². The maximum absolute atomic E-state index is 11.0. The third-order valence-corrected chi connectivity index (χ3v) is 2.65. The number of hydrogen-bond acceptors (Lipinski definition) is 3. The molecule has 1 aromatic carbocycles. The number of hydrogen-bond donors (Lipinski definition) is 0. The predicted molar refractivity (Wildman–Crippen MR) is 54.3 cm³/mol. The summed E-state index contributed by atoms with van der Waals surface area (Å²) in [7, 11) is 0. The first-order valence-corrected chi connectivity index (χ1v) is 5.01.